The minimum absolute atomic E-state index is 0.0869. The molecule has 132 valence electrons. The summed E-state index contributed by atoms with van der Waals surface area (Å²) in [7, 11) is 0. The lowest BCUT2D eigenvalue weighted by Crippen LogP contribution is -2.46. The number of aryl methyl sites for hydroxylation is 1. The zero-order valence-corrected chi connectivity index (χ0v) is 14.9. The predicted molar refractivity (Wildman–Crippen MR) is 97.4 cm³/mol. The fourth-order valence-electron chi connectivity index (χ4n) is 2.87. The Labute approximate surface area is 144 Å². The summed E-state index contributed by atoms with van der Waals surface area (Å²) in [6, 6.07) is 6.16. The Hall–Kier alpha value is -2.08. The van der Waals surface area contributed by atoms with Crippen molar-refractivity contribution in [3.05, 3.63) is 23.8 Å². The Kier molecular flexibility index (Phi) is 6.61. The first-order valence-electron chi connectivity index (χ1n) is 8.62. The van der Waals surface area contributed by atoms with Gasteiger partial charge in [-0.1, -0.05) is 6.92 Å². The van der Waals surface area contributed by atoms with Crippen LogP contribution >= 0.6 is 0 Å². The molecule has 0 spiro atoms. The van der Waals surface area contributed by atoms with Crippen molar-refractivity contribution in [2.45, 2.75) is 27.2 Å². The summed E-state index contributed by atoms with van der Waals surface area (Å²) in [5, 5.41) is 5.54. The molecule has 0 saturated carbocycles. The number of rotatable bonds is 6. The molecule has 0 aliphatic carbocycles. The number of amides is 2. The molecule has 0 aromatic heterocycles. The summed E-state index contributed by atoms with van der Waals surface area (Å²) in [5.74, 6) is -0.206. The quantitative estimate of drug-likeness (QED) is 0.830. The van der Waals surface area contributed by atoms with Gasteiger partial charge in [0.1, 0.15) is 0 Å². The van der Waals surface area contributed by atoms with Crippen LogP contribution in [0.3, 0.4) is 0 Å². The van der Waals surface area contributed by atoms with Crippen LogP contribution < -0.4 is 15.5 Å². The Morgan fingerprint density at radius 1 is 1.17 bits per heavy atom. The van der Waals surface area contributed by atoms with E-state index in [4.69, 9.17) is 0 Å². The van der Waals surface area contributed by atoms with E-state index in [-0.39, 0.29) is 18.2 Å². The van der Waals surface area contributed by atoms with E-state index < -0.39 is 0 Å². The highest BCUT2D eigenvalue weighted by Gasteiger charge is 2.16. The van der Waals surface area contributed by atoms with Crippen LogP contribution in [-0.2, 0) is 9.59 Å². The van der Waals surface area contributed by atoms with Gasteiger partial charge in [-0.05, 0) is 37.2 Å². The van der Waals surface area contributed by atoms with Gasteiger partial charge in [0.15, 0.2) is 0 Å². The van der Waals surface area contributed by atoms with E-state index >= 15 is 0 Å². The van der Waals surface area contributed by atoms with E-state index in [1.807, 2.05) is 13.0 Å². The van der Waals surface area contributed by atoms with Crippen molar-refractivity contribution in [1.29, 1.82) is 0 Å². The van der Waals surface area contributed by atoms with Crippen molar-refractivity contribution in [3.8, 4) is 0 Å². The zero-order valence-electron chi connectivity index (χ0n) is 14.9. The highest BCUT2D eigenvalue weighted by atomic mass is 16.2. The first-order chi connectivity index (χ1) is 11.5. The number of nitrogens with one attached hydrogen (secondary N) is 2. The molecule has 6 nitrogen and oxygen atoms in total. The molecular weight excluding hydrogens is 304 g/mol. The molecule has 0 bridgehead atoms. The van der Waals surface area contributed by atoms with Gasteiger partial charge in [-0.15, -0.1) is 0 Å². The number of carbonyl (C=O) groups excluding carboxylic acids is 2. The second-order valence-corrected chi connectivity index (χ2v) is 6.20. The van der Waals surface area contributed by atoms with Crippen LogP contribution in [0, 0.1) is 6.92 Å². The summed E-state index contributed by atoms with van der Waals surface area (Å²) < 4.78 is 0. The van der Waals surface area contributed by atoms with Crippen LogP contribution in [-0.4, -0.2) is 56.0 Å². The topological polar surface area (TPSA) is 64.7 Å². The third-order valence-corrected chi connectivity index (χ3v) is 4.39. The number of piperazine rings is 1. The lowest BCUT2D eigenvalue weighted by molar-refractivity contribution is -0.119. The first kappa shape index (κ1) is 18.3. The molecule has 1 aliphatic heterocycles. The zero-order chi connectivity index (χ0) is 17.5. The van der Waals surface area contributed by atoms with Crippen molar-refractivity contribution < 1.29 is 9.59 Å². The molecule has 1 fully saturated rings. The van der Waals surface area contributed by atoms with E-state index in [0.29, 0.717) is 6.54 Å². The second kappa shape index (κ2) is 8.68. The Balaban J connectivity index is 1.90. The highest BCUT2D eigenvalue weighted by molar-refractivity contribution is 5.92. The minimum Gasteiger partial charge on any atom is -0.369 e. The van der Waals surface area contributed by atoms with Crippen molar-refractivity contribution in [2.24, 2.45) is 0 Å². The molecule has 1 heterocycles. The van der Waals surface area contributed by atoms with Crippen LogP contribution in [0.1, 0.15) is 25.8 Å². The standard InChI is InChI=1S/C18H28N4O2/c1-4-21-9-11-22(12-10-21)16-5-6-17(14(2)13-16)20-18(24)7-8-19-15(3)23/h5-6,13H,4,7-12H2,1-3H3,(H,19,23)(H,20,24). The SMILES string of the molecule is CCN1CCN(c2ccc(NC(=O)CCNC(C)=O)c(C)c2)CC1. The molecule has 2 amide bonds. The maximum Gasteiger partial charge on any atom is 0.226 e. The number of benzene rings is 1. The van der Waals surface area contributed by atoms with Crippen LogP contribution in [0.25, 0.3) is 0 Å². The predicted octanol–water partition coefficient (Wildman–Crippen LogP) is 1.60. The summed E-state index contributed by atoms with van der Waals surface area (Å²) in [4.78, 5) is 27.6. The lowest BCUT2D eigenvalue weighted by Gasteiger charge is -2.35. The third kappa shape index (κ3) is 5.23. The van der Waals surface area contributed by atoms with Gasteiger partial charge < -0.3 is 20.4 Å². The molecule has 1 saturated heterocycles. The van der Waals surface area contributed by atoms with E-state index in [9.17, 15) is 9.59 Å². The van der Waals surface area contributed by atoms with Gasteiger partial charge in [0.05, 0.1) is 0 Å². The molecule has 6 heteroatoms. The lowest BCUT2D eigenvalue weighted by atomic mass is 10.1. The van der Waals surface area contributed by atoms with Crippen LogP contribution in [0.4, 0.5) is 11.4 Å². The molecule has 1 aromatic rings. The van der Waals surface area contributed by atoms with Gasteiger partial charge in [-0.2, -0.15) is 0 Å². The number of likely N-dealkylation sites (N-methyl/N-ethyl adjacent to an activating group) is 1. The van der Waals surface area contributed by atoms with E-state index in [0.717, 1.165) is 44.0 Å². The molecule has 1 aliphatic rings. The Morgan fingerprint density at radius 3 is 2.46 bits per heavy atom. The monoisotopic (exact) mass is 332 g/mol. The largest absolute Gasteiger partial charge is 0.369 e. The van der Waals surface area contributed by atoms with Crippen LogP contribution in [0.5, 0.6) is 0 Å². The first-order valence-corrected chi connectivity index (χ1v) is 8.62. The molecular formula is C18H28N4O2. The van der Waals surface area contributed by atoms with Gasteiger partial charge in [0.2, 0.25) is 11.8 Å². The van der Waals surface area contributed by atoms with Crippen molar-refractivity contribution in [1.82, 2.24) is 10.2 Å². The van der Waals surface area contributed by atoms with E-state index in [1.165, 1.54) is 12.6 Å². The van der Waals surface area contributed by atoms with Crippen LogP contribution in [0.2, 0.25) is 0 Å². The van der Waals surface area contributed by atoms with Gasteiger partial charge >= 0.3 is 0 Å². The maximum absolute atomic E-state index is 11.9. The second-order valence-electron chi connectivity index (χ2n) is 6.20. The van der Waals surface area contributed by atoms with Crippen molar-refractivity contribution >= 4 is 23.2 Å². The van der Waals surface area contributed by atoms with E-state index in [2.05, 4.69) is 39.5 Å². The molecule has 0 atom stereocenters. The normalized spacial score (nSPS) is 15.2. The Morgan fingerprint density at radius 2 is 1.88 bits per heavy atom. The molecule has 24 heavy (non-hydrogen) atoms. The fraction of sp³-hybridized carbons (Fsp3) is 0.556. The fourth-order valence-corrected chi connectivity index (χ4v) is 2.87. The summed E-state index contributed by atoms with van der Waals surface area (Å²) in [6.07, 6.45) is 0.278. The van der Waals surface area contributed by atoms with Crippen molar-refractivity contribution in [3.63, 3.8) is 0 Å². The number of anilines is 2. The third-order valence-electron chi connectivity index (χ3n) is 4.39. The molecule has 0 radical (unpaired) electrons. The van der Waals surface area contributed by atoms with Gasteiger partial charge in [-0.3, -0.25) is 9.59 Å². The number of hydrogen-bond donors (Lipinski definition) is 2. The molecule has 2 rings (SSSR count). The van der Waals surface area contributed by atoms with Gasteiger partial charge in [0, 0.05) is 57.4 Å². The van der Waals surface area contributed by atoms with Crippen LogP contribution in [0.15, 0.2) is 18.2 Å². The minimum atomic E-state index is -0.119. The van der Waals surface area contributed by atoms with Gasteiger partial charge in [0.25, 0.3) is 0 Å². The Bertz CT molecular complexity index is 580. The summed E-state index contributed by atoms with van der Waals surface area (Å²) >= 11 is 0. The molecule has 0 unspecified atom stereocenters. The number of carbonyl (C=O) groups is 2. The number of hydrogen-bond acceptors (Lipinski definition) is 4. The highest BCUT2D eigenvalue weighted by Crippen LogP contribution is 2.23. The average molecular weight is 332 g/mol. The summed E-state index contributed by atoms with van der Waals surface area (Å²) in [5.41, 5.74) is 3.09. The van der Waals surface area contributed by atoms with E-state index in [1.54, 1.807) is 0 Å². The summed E-state index contributed by atoms with van der Waals surface area (Å²) in [6.45, 7) is 11.4. The molecule has 1 aromatic carbocycles. The number of nitrogens with zero attached hydrogens (tertiary/aromatic N) is 2. The smallest absolute Gasteiger partial charge is 0.226 e. The van der Waals surface area contributed by atoms with Gasteiger partial charge in [-0.25, -0.2) is 0 Å². The van der Waals surface area contributed by atoms with Crippen molar-refractivity contribution in [2.75, 3.05) is 49.5 Å². The average Bonchev–Trinajstić information content (AvgIpc) is 2.56. The maximum atomic E-state index is 11.9. The molecule has 2 N–H and O–H groups in total.